The van der Waals surface area contributed by atoms with Crippen LogP contribution >= 0.6 is 0 Å². The van der Waals surface area contributed by atoms with E-state index < -0.39 is 17.8 Å². The number of rotatable bonds is 10. The van der Waals surface area contributed by atoms with E-state index in [0.29, 0.717) is 30.9 Å². The van der Waals surface area contributed by atoms with Crippen LogP contribution in [0.25, 0.3) is 0 Å². The summed E-state index contributed by atoms with van der Waals surface area (Å²) in [6, 6.07) is 13.9. The molecule has 7 nitrogen and oxygen atoms in total. The highest BCUT2D eigenvalue weighted by atomic mass is 16.5. The van der Waals surface area contributed by atoms with Gasteiger partial charge in [0.1, 0.15) is 5.75 Å². The van der Waals surface area contributed by atoms with Crippen molar-refractivity contribution in [2.24, 2.45) is 0 Å². The van der Waals surface area contributed by atoms with Gasteiger partial charge in [-0.2, -0.15) is 0 Å². The molecule has 0 aliphatic rings. The molecule has 2 rings (SSSR count). The van der Waals surface area contributed by atoms with E-state index in [0.717, 1.165) is 11.3 Å². The summed E-state index contributed by atoms with van der Waals surface area (Å²) in [5.74, 6) is -0.605. The first-order chi connectivity index (χ1) is 14.0. The van der Waals surface area contributed by atoms with Gasteiger partial charge in [-0.1, -0.05) is 17.7 Å². The van der Waals surface area contributed by atoms with E-state index in [-0.39, 0.29) is 13.0 Å². The maximum absolute atomic E-state index is 11.9. The van der Waals surface area contributed by atoms with Crippen LogP contribution in [0.5, 0.6) is 5.75 Å². The standard InChI is InChI=1S/C22H25NO6/c1-3-27-22(26)17-8-10-18(11-9-17)23-20(24)15-29-21(25)5-4-14-28-19-12-6-16(2)7-13-19/h6-13H,3-5,14-15H2,1-2H3,(H,23,24). The summed E-state index contributed by atoms with van der Waals surface area (Å²) in [6.07, 6.45) is 0.650. The van der Waals surface area contributed by atoms with E-state index >= 15 is 0 Å². The number of hydrogen-bond donors (Lipinski definition) is 1. The van der Waals surface area contributed by atoms with E-state index in [1.807, 2.05) is 31.2 Å². The summed E-state index contributed by atoms with van der Waals surface area (Å²) in [4.78, 5) is 35.2. The van der Waals surface area contributed by atoms with Crippen LogP contribution in [0.3, 0.4) is 0 Å². The molecule has 0 aliphatic carbocycles. The molecule has 0 bridgehead atoms. The third kappa shape index (κ3) is 8.04. The quantitative estimate of drug-likeness (QED) is 0.486. The fraction of sp³-hybridized carbons (Fsp3) is 0.318. The number of benzene rings is 2. The van der Waals surface area contributed by atoms with Gasteiger partial charge in [0.05, 0.1) is 18.8 Å². The van der Waals surface area contributed by atoms with Crippen molar-refractivity contribution in [3.63, 3.8) is 0 Å². The topological polar surface area (TPSA) is 90.9 Å². The summed E-state index contributed by atoms with van der Waals surface area (Å²) in [5.41, 5.74) is 2.03. The Labute approximate surface area is 170 Å². The molecule has 0 aromatic heterocycles. The Bertz CT molecular complexity index is 814. The first-order valence-electron chi connectivity index (χ1n) is 9.40. The molecular weight excluding hydrogens is 374 g/mol. The monoisotopic (exact) mass is 399 g/mol. The van der Waals surface area contributed by atoms with E-state index in [9.17, 15) is 14.4 Å². The lowest BCUT2D eigenvalue weighted by molar-refractivity contribution is -0.147. The van der Waals surface area contributed by atoms with Crippen molar-refractivity contribution in [3.05, 3.63) is 59.7 Å². The van der Waals surface area contributed by atoms with Gasteiger partial charge in [0.15, 0.2) is 6.61 Å². The van der Waals surface area contributed by atoms with Crippen LogP contribution in [0.1, 0.15) is 35.7 Å². The summed E-state index contributed by atoms with van der Waals surface area (Å²) in [5, 5.41) is 2.60. The van der Waals surface area contributed by atoms with Gasteiger partial charge >= 0.3 is 11.9 Å². The number of esters is 2. The van der Waals surface area contributed by atoms with Crippen molar-refractivity contribution in [1.29, 1.82) is 0 Å². The van der Waals surface area contributed by atoms with Gasteiger partial charge in [0, 0.05) is 12.1 Å². The molecule has 2 aromatic rings. The molecule has 0 atom stereocenters. The zero-order valence-corrected chi connectivity index (χ0v) is 16.6. The number of aryl methyl sites for hydroxylation is 1. The van der Waals surface area contributed by atoms with Crippen LogP contribution in [0.15, 0.2) is 48.5 Å². The van der Waals surface area contributed by atoms with E-state index in [2.05, 4.69) is 5.32 Å². The fourth-order valence-electron chi connectivity index (χ4n) is 2.36. The number of carbonyl (C=O) groups excluding carboxylic acids is 3. The van der Waals surface area contributed by atoms with Crippen molar-refractivity contribution in [2.45, 2.75) is 26.7 Å². The van der Waals surface area contributed by atoms with Crippen molar-refractivity contribution in [3.8, 4) is 5.75 Å². The van der Waals surface area contributed by atoms with E-state index in [1.54, 1.807) is 31.2 Å². The molecule has 0 aliphatic heterocycles. The Morgan fingerprint density at radius 3 is 2.28 bits per heavy atom. The Hall–Kier alpha value is -3.35. The first-order valence-corrected chi connectivity index (χ1v) is 9.40. The average Bonchev–Trinajstić information content (AvgIpc) is 2.72. The molecule has 0 radical (unpaired) electrons. The van der Waals surface area contributed by atoms with Crippen molar-refractivity contribution < 1.29 is 28.6 Å². The number of amides is 1. The van der Waals surface area contributed by atoms with Gasteiger partial charge in [-0.25, -0.2) is 4.79 Å². The molecule has 2 aromatic carbocycles. The van der Waals surface area contributed by atoms with E-state index in [1.165, 1.54) is 0 Å². The Morgan fingerprint density at radius 2 is 1.62 bits per heavy atom. The minimum Gasteiger partial charge on any atom is -0.494 e. The molecule has 1 amide bonds. The second kappa shape index (κ2) is 11.5. The predicted molar refractivity (Wildman–Crippen MR) is 108 cm³/mol. The van der Waals surface area contributed by atoms with Crippen LogP contribution in [-0.2, 0) is 19.1 Å². The molecule has 0 saturated heterocycles. The molecule has 154 valence electrons. The highest BCUT2D eigenvalue weighted by molar-refractivity contribution is 5.94. The minimum atomic E-state index is -0.467. The zero-order valence-electron chi connectivity index (χ0n) is 16.6. The normalized spacial score (nSPS) is 10.1. The van der Waals surface area contributed by atoms with Crippen molar-refractivity contribution >= 4 is 23.5 Å². The second-order valence-electron chi connectivity index (χ2n) is 6.27. The molecule has 0 spiro atoms. The van der Waals surface area contributed by atoms with Crippen LogP contribution < -0.4 is 10.1 Å². The summed E-state index contributed by atoms with van der Waals surface area (Å²) in [6.45, 7) is 4.02. The predicted octanol–water partition coefficient (Wildman–Crippen LogP) is 3.51. The number of hydrogen-bond acceptors (Lipinski definition) is 6. The lowest BCUT2D eigenvalue weighted by Gasteiger charge is -2.08. The smallest absolute Gasteiger partial charge is 0.338 e. The van der Waals surface area contributed by atoms with Gasteiger partial charge in [0.25, 0.3) is 5.91 Å². The molecule has 29 heavy (non-hydrogen) atoms. The molecule has 0 unspecified atom stereocenters. The second-order valence-corrected chi connectivity index (χ2v) is 6.27. The lowest BCUT2D eigenvalue weighted by Crippen LogP contribution is -2.21. The van der Waals surface area contributed by atoms with Crippen LogP contribution in [0, 0.1) is 6.92 Å². The summed E-state index contributed by atoms with van der Waals surface area (Å²) < 4.78 is 15.4. The van der Waals surface area contributed by atoms with Gasteiger partial charge in [-0.3, -0.25) is 9.59 Å². The van der Waals surface area contributed by atoms with Crippen LogP contribution in [-0.4, -0.2) is 37.7 Å². The largest absolute Gasteiger partial charge is 0.494 e. The molecule has 0 heterocycles. The fourth-order valence-corrected chi connectivity index (χ4v) is 2.36. The number of ether oxygens (including phenoxy) is 3. The molecule has 0 saturated carbocycles. The number of carbonyl (C=O) groups is 3. The first kappa shape index (κ1) is 21.9. The van der Waals surface area contributed by atoms with E-state index in [4.69, 9.17) is 14.2 Å². The third-order valence-corrected chi connectivity index (χ3v) is 3.86. The highest BCUT2D eigenvalue weighted by Crippen LogP contribution is 2.12. The number of nitrogens with one attached hydrogen (secondary N) is 1. The van der Waals surface area contributed by atoms with Crippen molar-refractivity contribution in [1.82, 2.24) is 0 Å². The maximum Gasteiger partial charge on any atom is 0.338 e. The molecule has 7 heteroatoms. The molecule has 0 fully saturated rings. The minimum absolute atomic E-state index is 0.160. The zero-order chi connectivity index (χ0) is 21.1. The van der Waals surface area contributed by atoms with Gasteiger partial charge in [-0.05, 0) is 56.7 Å². The van der Waals surface area contributed by atoms with Crippen LogP contribution in [0.4, 0.5) is 5.69 Å². The highest BCUT2D eigenvalue weighted by Gasteiger charge is 2.10. The maximum atomic E-state index is 11.9. The Morgan fingerprint density at radius 1 is 0.931 bits per heavy atom. The van der Waals surface area contributed by atoms with Crippen LogP contribution in [0.2, 0.25) is 0 Å². The number of anilines is 1. The molecule has 1 N–H and O–H groups in total. The van der Waals surface area contributed by atoms with Gasteiger partial charge in [0.2, 0.25) is 0 Å². The van der Waals surface area contributed by atoms with Gasteiger partial charge in [-0.15, -0.1) is 0 Å². The lowest BCUT2D eigenvalue weighted by atomic mass is 10.2. The van der Waals surface area contributed by atoms with Gasteiger partial charge < -0.3 is 19.5 Å². The SMILES string of the molecule is CCOC(=O)c1ccc(NC(=O)COC(=O)CCCOc2ccc(C)cc2)cc1. The van der Waals surface area contributed by atoms with Crippen molar-refractivity contribution in [2.75, 3.05) is 25.1 Å². The summed E-state index contributed by atoms with van der Waals surface area (Å²) in [7, 11) is 0. The molecular formula is C22H25NO6. The Kier molecular flexibility index (Phi) is 8.69. The summed E-state index contributed by atoms with van der Waals surface area (Å²) >= 11 is 0. The third-order valence-electron chi connectivity index (χ3n) is 3.86. The average molecular weight is 399 g/mol. The Balaban J connectivity index is 1.63.